The third-order valence-corrected chi connectivity index (χ3v) is 0.258. The third kappa shape index (κ3) is 8.03. The first-order chi connectivity index (χ1) is 4.41. The van der Waals surface area contributed by atoms with Gasteiger partial charge in [0.25, 0.3) is 0 Å². The summed E-state index contributed by atoms with van der Waals surface area (Å²) in [6, 6.07) is 0. The number of thiol groups is 1. The Labute approximate surface area is 54.3 Å². The Hall–Kier alpha value is 0.0300. The fourth-order valence-corrected chi connectivity index (χ4v) is 0.103. The van der Waals surface area contributed by atoms with Crippen molar-refractivity contribution in [2.45, 2.75) is 0 Å². The lowest BCUT2D eigenvalue weighted by Crippen LogP contribution is -2.14. The van der Waals surface area contributed by atoms with Gasteiger partial charge in [0.15, 0.2) is 0 Å². The lowest BCUT2D eigenvalue weighted by atomic mass is 13.2. The van der Waals surface area contributed by atoms with Crippen molar-refractivity contribution in [2.24, 2.45) is 0 Å². The van der Waals surface area contributed by atoms with Crippen LogP contribution < -0.4 is 5.64 Å². The highest BCUT2D eigenvalue weighted by atomic mass is 32.1. The molecule has 9 heavy (non-hydrogen) atoms. The first-order valence-corrected chi connectivity index (χ1v) is 1.81. The summed E-state index contributed by atoms with van der Waals surface area (Å²) < 4.78 is 3.59. The average molecular weight is 161 g/mol. The van der Waals surface area contributed by atoms with Crippen LogP contribution in [0.3, 0.4) is 0 Å². The quantitative estimate of drug-likeness (QED) is 0.158. The van der Waals surface area contributed by atoms with E-state index in [9.17, 15) is 0 Å². The Morgan fingerprint density at radius 1 is 1.22 bits per heavy atom. The fraction of sp³-hybridized carbons (Fsp3) is 0. The molecule has 0 heterocycles. The van der Waals surface area contributed by atoms with Gasteiger partial charge in [0.2, 0.25) is 0 Å². The molecule has 0 fully saturated rings. The van der Waals surface area contributed by atoms with Gasteiger partial charge < -0.3 is 0 Å². The molecule has 0 aliphatic rings. The third-order valence-electron chi connectivity index (χ3n) is 0.197. The van der Waals surface area contributed by atoms with Crippen LogP contribution in [0.25, 0.3) is 0 Å². The number of rotatable bonds is 6. The van der Waals surface area contributed by atoms with E-state index >= 15 is 0 Å². The van der Waals surface area contributed by atoms with Crippen LogP contribution in [-0.2, 0) is 29.4 Å². The van der Waals surface area contributed by atoms with Crippen LogP contribution in [0.2, 0.25) is 0 Å². The van der Waals surface area contributed by atoms with Gasteiger partial charge in [-0.3, -0.25) is 0 Å². The van der Waals surface area contributed by atoms with Crippen LogP contribution in [0.1, 0.15) is 0 Å². The summed E-state index contributed by atoms with van der Waals surface area (Å²) in [6.07, 6.45) is 0. The van der Waals surface area contributed by atoms with Gasteiger partial charge in [-0.15, -0.1) is 4.33 Å². The predicted molar refractivity (Wildman–Crippen MR) is 21.3 cm³/mol. The monoisotopic (exact) mass is 161 g/mol. The minimum Gasteiger partial charge on any atom is -0.219 e. The molecule has 9 heteroatoms. The molecule has 0 bridgehead atoms. The van der Waals surface area contributed by atoms with Crippen LogP contribution in [0.15, 0.2) is 0 Å². The Balaban J connectivity index is 2.60. The molecule has 0 aromatic carbocycles. The Kier molecular flexibility index (Phi) is 8.06. The van der Waals surface area contributed by atoms with Crippen molar-refractivity contribution < 1.29 is 34.7 Å². The second kappa shape index (κ2) is 8.03. The van der Waals surface area contributed by atoms with Crippen molar-refractivity contribution >= 4 is 12.9 Å². The molecule has 0 spiro atoms. The number of hydrogen-bond acceptors (Lipinski definition) is 9. The second-order valence-electron chi connectivity index (χ2n) is 0.535. The molecule has 0 radical (unpaired) electrons. The Morgan fingerprint density at radius 2 is 1.89 bits per heavy atom. The van der Waals surface area contributed by atoms with Gasteiger partial charge in [-0.05, 0) is 20.8 Å². The summed E-state index contributed by atoms with van der Waals surface area (Å²) in [5.41, 5.74) is 1.48. The van der Waals surface area contributed by atoms with E-state index in [0.717, 1.165) is 0 Å². The van der Waals surface area contributed by atoms with E-state index in [4.69, 9.17) is 5.26 Å². The summed E-state index contributed by atoms with van der Waals surface area (Å²) in [5.74, 6) is 0. The van der Waals surface area contributed by atoms with E-state index in [-0.39, 0.29) is 0 Å². The largest absolute Gasteiger partial charge is 0.219 e. The minimum absolute atomic E-state index is 1.48. The molecule has 56 valence electrons. The highest BCUT2D eigenvalue weighted by Gasteiger charge is 1.85. The summed E-state index contributed by atoms with van der Waals surface area (Å²) in [6.45, 7) is 0. The summed E-state index contributed by atoms with van der Waals surface area (Å²) in [5, 5.41) is 17.3. The van der Waals surface area contributed by atoms with E-state index in [1.165, 1.54) is 5.64 Å². The van der Waals surface area contributed by atoms with Crippen LogP contribution in [0.5, 0.6) is 0 Å². The molecule has 0 aromatic rings. The van der Waals surface area contributed by atoms with Gasteiger partial charge in [-0.2, -0.15) is 0 Å². The molecular weight excluding hydrogens is 158 g/mol. The summed E-state index contributed by atoms with van der Waals surface area (Å²) in [4.78, 5) is 7.30. The maximum Gasteiger partial charge on any atom is 0.0182 e. The first-order valence-electron chi connectivity index (χ1n) is 1.44. The summed E-state index contributed by atoms with van der Waals surface area (Å²) >= 11 is 3.08. The van der Waals surface area contributed by atoms with Crippen LogP contribution in [0.4, 0.5) is 0 Å². The van der Waals surface area contributed by atoms with Crippen molar-refractivity contribution in [3.8, 4) is 0 Å². The molecule has 0 aromatic heterocycles. The molecule has 0 saturated carbocycles. The van der Waals surface area contributed by atoms with Gasteiger partial charge in [-0.25, -0.2) is 5.26 Å². The average Bonchev–Trinajstić information content (AvgIpc) is 1.89. The highest BCUT2D eigenvalue weighted by molar-refractivity contribution is 7.74. The zero-order valence-electron chi connectivity index (χ0n) is 3.84. The number of nitrogens with one attached hydrogen (secondary N) is 1. The molecule has 0 aliphatic carbocycles. The Bertz CT molecular complexity index is 42.2. The van der Waals surface area contributed by atoms with Gasteiger partial charge >= 0.3 is 0 Å². The predicted octanol–water partition coefficient (Wildman–Crippen LogP) is -0.517. The van der Waals surface area contributed by atoms with Crippen molar-refractivity contribution in [1.29, 1.82) is 0 Å². The van der Waals surface area contributed by atoms with Gasteiger partial charge in [0.05, 0.1) is 0 Å². The smallest absolute Gasteiger partial charge is 0.0182 e. The first kappa shape index (κ1) is 9.03. The lowest BCUT2D eigenvalue weighted by molar-refractivity contribution is -0.675. The van der Waals surface area contributed by atoms with Crippen LogP contribution in [0, 0.1) is 0 Å². The lowest BCUT2D eigenvalue weighted by Gasteiger charge is -1.96. The molecule has 0 saturated heterocycles. The van der Waals surface area contributed by atoms with E-state index < -0.39 is 0 Å². The molecule has 0 aliphatic heterocycles. The van der Waals surface area contributed by atoms with Crippen molar-refractivity contribution in [1.82, 2.24) is 5.64 Å². The standard InChI is InChI=1S/H3NO7S/c2-5-6-3-1-4-7-8-9/h1-2,9H. The molecule has 0 unspecified atom stereocenters. The van der Waals surface area contributed by atoms with Gasteiger partial charge in [-0.1, -0.05) is 9.98 Å². The topological polar surface area (TPSA) is 87.6 Å². The molecule has 0 atom stereocenters. The van der Waals surface area contributed by atoms with Gasteiger partial charge in [0, 0.05) is 12.9 Å². The zero-order chi connectivity index (χ0) is 6.95. The zero-order valence-corrected chi connectivity index (χ0v) is 4.74. The van der Waals surface area contributed by atoms with E-state index in [0.29, 0.717) is 0 Å². The molecule has 0 rings (SSSR count). The molecule has 2 N–H and O–H groups in total. The minimum atomic E-state index is 1.48. The van der Waals surface area contributed by atoms with Crippen molar-refractivity contribution in [3.63, 3.8) is 0 Å². The second-order valence-corrected chi connectivity index (χ2v) is 0.684. The van der Waals surface area contributed by atoms with Crippen molar-refractivity contribution in [2.75, 3.05) is 0 Å². The van der Waals surface area contributed by atoms with Gasteiger partial charge in [0.1, 0.15) is 0 Å². The van der Waals surface area contributed by atoms with Crippen LogP contribution >= 0.6 is 12.9 Å². The molecule has 8 nitrogen and oxygen atoms in total. The van der Waals surface area contributed by atoms with E-state index in [2.05, 4.69) is 42.3 Å². The van der Waals surface area contributed by atoms with E-state index in [1.807, 2.05) is 0 Å². The van der Waals surface area contributed by atoms with E-state index in [1.54, 1.807) is 0 Å². The van der Waals surface area contributed by atoms with Crippen LogP contribution in [-0.4, -0.2) is 5.26 Å². The Morgan fingerprint density at radius 3 is 2.44 bits per heavy atom. The molecule has 0 amide bonds. The normalized spacial score (nSPS) is 10.0. The maximum absolute atomic E-state index is 7.39. The number of hydrogen-bond donors (Lipinski definition) is 3. The highest BCUT2D eigenvalue weighted by Crippen LogP contribution is 1.80. The molecular formula is H3NO7S. The maximum atomic E-state index is 7.39. The SMILES string of the molecule is OOOONOOOS. The van der Waals surface area contributed by atoms with Crippen molar-refractivity contribution in [3.05, 3.63) is 0 Å². The summed E-state index contributed by atoms with van der Waals surface area (Å²) in [7, 11) is 0. The fourth-order valence-electron chi connectivity index (χ4n) is 0.0721.